The van der Waals surface area contributed by atoms with Crippen molar-refractivity contribution in [3.63, 3.8) is 0 Å². The van der Waals surface area contributed by atoms with E-state index in [9.17, 15) is 14.7 Å². The van der Waals surface area contributed by atoms with Gasteiger partial charge in [-0.05, 0) is 77.5 Å². The van der Waals surface area contributed by atoms with Crippen LogP contribution < -0.4 is 19.8 Å². The van der Waals surface area contributed by atoms with Crippen LogP contribution in [0.4, 0.5) is 0 Å². The highest BCUT2D eigenvalue weighted by molar-refractivity contribution is 14.1. The molecule has 0 fully saturated rings. The number of hydrogen-bond donors (Lipinski definition) is 1. The van der Waals surface area contributed by atoms with E-state index in [0.29, 0.717) is 48.6 Å². The molecule has 2 aromatic heterocycles. The smallest absolute Gasteiger partial charge is 0.344 e. The molecule has 0 unspecified atom stereocenters. The van der Waals surface area contributed by atoms with E-state index >= 15 is 0 Å². The summed E-state index contributed by atoms with van der Waals surface area (Å²) in [6.45, 7) is 1.43. The van der Waals surface area contributed by atoms with E-state index in [2.05, 4.69) is 5.10 Å². The molecule has 0 aliphatic carbocycles. The molecule has 0 amide bonds. The topological polar surface area (TPSA) is 125 Å². The molecule has 0 spiro atoms. The van der Waals surface area contributed by atoms with Crippen molar-refractivity contribution < 1.29 is 28.5 Å². The number of methoxy groups -OCH3 is 2. The molecule has 198 valence electrons. The molecular formula is C28H22IN3O7. The Balaban J connectivity index is 1.64. The summed E-state index contributed by atoms with van der Waals surface area (Å²) in [7, 11) is 3.03. The fourth-order valence-electron chi connectivity index (χ4n) is 3.99. The van der Waals surface area contributed by atoms with Crippen molar-refractivity contribution in [3.05, 3.63) is 80.2 Å². The van der Waals surface area contributed by atoms with Gasteiger partial charge in [0.15, 0.2) is 23.4 Å². The van der Waals surface area contributed by atoms with Gasteiger partial charge in [-0.1, -0.05) is 18.2 Å². The lowest BCUT2D eigenvalue weighted by Crippen LogP contribution is -2.23. The first-order valence-electron chi connectivity index (χ1n) is 11.7. The number of fused-ring (bicyclic) bond motifs is 2. The Morgan fingerprint density at radius 3 is 2.59 bits per heavy atom. The third-order valence-corrected chi connectivity index (χ3v) is 6.73. The molecule has 1 atom stereocenters. The molecule has 0 saturated heterocycles. The quantitative estimate of drug-likeness (QED) is 0.182. The largest absolute Gasteiger partial charge is 0.496 e. The number of aromatic nitrogens is 2. The molecule has 2 heterocycles. The van der Waals surface area contributed by atoms with Gasteiger partial charge in [0.25, 0.3) is 5.56 Å². The zero-order valence-electron chi connectivity index (χ0n) is 21.0. The molecule has 0 saturated carbocycles. The second kappa shape index (κ2) is 10.8. The van der Waals surface area contributed by atoms with Crippen LogP contribution in [-0.2, 0) is 4.79 Å². The normalized spacial score (nSPS) is 12.2. The Kier molecular flexibility index (Phi) is 7.24. The summed E-state index contributed by atoms with van der Waals surface area (Å²) in [5.41, 5.74) is 1.29. The first kappa shape index (κ1) is 26.2. The highest BCUT2D eigenvalue weighted by Gasteiger charge is 2.20. The van der Waals surface area contributed by atoms with Gasteiger partial charge in [0, 0.05) is 0 Å². The maximum absolute atomic E-state index is 13.6. The Morgan fingerprint density at radius 1 is 1.08 bits per heavy atom. The monoisotopic (exact) mass is 639 g/mol. The van der Waals surface area contributed by atoms with Gasteiger partial charge >= 0.3 is 5.97 Å². The van der Waals surface area contributed by atoms with Crippen LogP contribution >= 0.6 is 22.6 Å². The number of para-hydroxylation sites is 1. The number of aliphatic carboxylic acids is 1. The minimum Gasteiger partial charge on any atom is -0.496 e. The predicted molar refractivity (Wildman–Crippen MR) is 154 cm³/mol. The zero-order chi connectivity index (χ0) is 27.7. The number of ether oxygens (including phenoxy) is 3. The molecule has 3 aromatic carbocycles. The Hall–Kier alpha value is -4.39. The van der Waals surface area contributed by atoms with E-state index in [1.807, 2.05) is 34.7 Å². The molecule has 1 N–H and O–H groups in total. The average Bonchev–Trinajstić information content (AvgIpc) is 3.38. The van der Waals surface area contributed by atoms with E-state index in [-0.39, 0.29) is 11.4 Å². The molecule has 0 aliphatic rings. The SMILES string of the molecule is COc1cc(C=Nn2c(-c3cc4c(OC)cccc4o3)nc3ccccc3c2=O)cc(I)c1O[C@@H](C)C(=O)O. The molecule has 11 heteroatoms. The van der Waals surface area contributed by atoms with Gasteiger partial charge in [-0.15, -0.1) is 0 Å². The highest BCUT2D eigenvalue weighted by Crippen LogP contribution is 2.35. The predicted octanol–water partition coefficient (Wildman–Crippen LogP) is 5.17. The van der Waals surface area contributed by atoms with Gasteiger partial charge in [-0.2, -0.15) is 9.78 Å². The minimum atomic E-state index is -1.10. The van der Waals surface area contributed by atoms with Crippen molar-refractivity contribution in [1.29, 1.82) is 0 Å². The summed E-state index contributed by atoms with van der Waals surface area (Å²) in [6, 6.07) is 17.6. The summed E-state index contributed by atoms with van der Waals surface area (Å²) in [4.78, 5) is 29.5. The van der Waals surface area contributed by atoms with Crippen LogP contribution in [-0.4, -0.2) is 47.3 Å². The number of benzene rings is 3. The van der Waals surface area contributed by atoms with Crippen LogP contribution in [0.15, 0.2) is 75.0 Å². The lowest BCUT2D eigenvalue weighted by molar-refractivity contribution is -0.144. The minimum absolute atomic E-state index is 0.213. The highest BCUT2D eigenvalue weighted by atomic mass is 127. The second-order valence-corrected chi connectivity index (χ2v) is 9.59. The second-order valence-electron chi connectivity index (χ2n) is 8.43. The Bertz CT molecular complexity index is 1810. The number of carbonyl (C=O) groups is 1. The van der Waals surface area contributed by atoms with Crippen LogP contribution in [0.3, 0.4) is 0 Å². The molecule has 0 radical (unpaired) electrons. The van der Waals surface area contributed by atoms with Crippen molar-refractivity contribution >= 4 is 56.6 Å². The fourth-order valence-corrected chi connectivity index (χ4v) is 4.75. The zero-order valence-corrected chi connectivity index (χ0v) is 23.2. The summed E-state index contributed by atoms with van der Waals surface area (Å²) < 4.78 is 24.3. The third-order valence-electron chi connectivity index (χ3n) is 5.93. The fraction of sp³-hybridized carbons (Fsp3) is 0.143. The van der Waals surface area contributed by atoms with Crippen molar-refractivity contribution in [2.75, 3.05) is 14.2 Å². The van der Waals surface area contributed by atoms with Gasteiger partial charge in [-0.3, -0.25) is 4.79 Å². The maximum Gasteiger partial charge on any atom is 0.344 e. The summed E-state index contributed by atoms with van der Waals surface area (Å²) in [5, 5.41) is 14.8. The number of rotatable bonds is 8. The Morgan fingerprint density at radius 2 is 1.85 bits per heavy atom. The number of nitrogens with zero attached hydrogens (tertiary/aromatic N) is 3. The van der Waals surface area contributed by atoms with Crippen molar-refractivity contribution in [3.8, 4) is 28.8 Å². The first-order chi connectivity index (χ1) is 18.8. The van der Waals surface area contributed by atoms with Crippen molar-refractivity contribution in [2.24, 2.45) is 5.10 Å². The number of hydrogen-bond acceptors (Lipinski definition) is 8. The molecule has 5 rings (SSSR count). The van der Waals surface area contributed by atoms with E-state index in [1.165, 1.54) is 24.9 Å². The van der Waals surface area contributed by atoms with Gasteiger partial charge in [0.1, 0.15) is 11.3 Å². The molecule has 10 nitrogen and oxygen atoms in total. The average molecular weight is 639 g/mol. The van der Waals surface area contributed by atoms with Crippen LogP contribution in [0.1, 0.15) is 12.5 Å². The van der Waals surface area contributed by atoms with Crippen LogP contribution in [0.25, 0.3) is 33.5 Å². The number of furan rings is 1. The standard InChI is InChI=1S/C28H22IN3O7/c1-15(28(34)35)38-25-19(29)11-16(12-23(25)37-3)14-30-32-26(31-20-8-5-4-7-17(20)27(32)33)24-13-18-21(36-2)9-6-10-22(18)39-24/h4-15H,1-3H3,(H,34,35)/t15-/m0/s1. The van der Waals surface area contributed by atoms with Crippen molar-refractivity contribution in [2.45, 2.75) is 13.0 Å². The lowest BCUT2D eigenvalue weighted by atomic mass is 10.2. The van der Waals surface area contributed by atoms with Gasteiger partial charge in [0.05, 0.1) is 40.3 Å². The number of carboxylic acid groups (broad SMARTS) is 1. The van der Waals surface area contributed by atoms with Gasteiger partial charge in [0.2, 0.25) is 5.82 Å². The summed E-state index contributed by atoms with van der Waals surface area (Å²) in [5.74, 6) is 0.703. The van der Waals surface area contributed by atoms with Crippen LogP contribution in [0.5, 0.6) is 17.2 Å². The van der Waals surface area contributed by atoms with Crippen LogP contribution in [0.2, 0.25) is 0 Å². The maximum atomic E-state index is 13.6. The van der Waals surface area contributed by atoms with E-state index in [1.54, 1.807) is 55.6 Å². The van der Waals surface area contributed by atoms with Gasteiger partial charge < -0.3 is 23.7 Å². The molecule has 5 aromatic rings. The Labute approximate surface area is 235 Å². The molecule has 0 bridgehead atoms. The number of halogens is 1. The molecular weight excluding hydrogens is 617 g/mol. The van der Waals surface area contributed by atoms with Crippen molar-refractivity contribution in [1.82, 2.24) is 9.66 Å². The molecule has 0 aliphatic heterocycles. The van der Waals surface area contributed by atoms with E-state index in [4.69, 9.17) is 23.6 Å². The third kappa shape index (κ3) is 5.04. The van der Waals surface area contributed by atoms with Gasteiger partial charge in [-0.25, -0.2) is 9.78 Å². The number of carboxylic acids is 1. The summed E-state index contributed by atoms with van der Waals surface area (Å²) >= 11 is 2.03. The van der Waals surface area contributed by atoms with E-state index in [0.717, 1.165) is 5.39 Å². The first-order valence-corrected chi connectivity index (χ1v) is 12.8. The summed E-state index contributed by atoms with van der Waals surface area (Å²) in [6.07, 6.45) is 0.416. The lowest BCUT2D eigenvalue weighted by Gasteiger charge is -2.16. The molecule has 39 heavy (non-hydrogen) atoms. The van der Waals surface area contributed by atoms with E-state index < -0.39 is 12.1 Å². The van der Waals surface area contributed by atoms with Crippen LogP contribution in [0, 0.1) is 3.57 Å².